The summed E-state index contributed by atoms with van der Waals surface area (Å²) in [6, 6.07) is 8.65. The van der Waals surface area contributed by atoms with Crippen molar-refractivity contribution in [2.24, 2.45) is 0 Å². The average Bonchev–Trinajstić information content (AvgIpc) is 2.86. The Hall–Kier alpha value is -1.01. The Bertz CT molecular complexity index is 447. The monoisotopic (exact) mass is 288 g/mol. The lowest BCUT2D eigenvalue weighted by atomic mass is 9.94. The highest BCUT2D eigenvalue weighted by Crippen LogP contribution is 2.35. The largest absolute Gasteiger partial charge is 0.123 e. The molecule has 1 heteroatoms. The molecule has 1 aromatic carbocycles. The first-order chi connectivity index (χ1) is 9.81. The molecule has 0 fully saturated rings. The van der Waals surface area contributed by atoms with Crippen molar-refractivity contribution in [2.45, 2.75) is 56.2 Å². The molecule has 1 aliphatic carbocycles. The van der Waals surface area contributed by atoms with E-state index in [4.69, 9.17) is 11.6 Å². The Morgan fingerprint density at radius 3 is 2.80 bits per heavy atom. The van der Waals surface area contributed by atoms with Gasteiger partial charge in [-0.05, 0) is 36.8 Å². The van der Waals surface area contributed by atoms with Crippen molar-refractivity contribution in [3.8, 4) is 0 Å². The molecule has 2 atom stereocenters. The summed E-state index contributed by atoms with van der Waals surface area (Å²) in [6.07, 6.45) is 15.0. The lowest BCUT2D eigenvalue weighted by Crippen LogP contribution is -2.05. The second-order valence-electron chi connectivity index (χ2n) is 5.71. The van der Waals surface area contributed by atoms with Gasteiger partial charge in [0.05, 0.1) is 0 Å². The van der Waals surface area contributed by atoms with Gasteiger partial charge in [-0.15, -0.1) is 18.2 Å². The fourth-order valence-corrected chi connectivity index (χ4v) is 3.28. The van der Waals surface area contributed by atoms with E-state index in [0.29, 0.717) is 11.3 Å². The van der Waals surface area contributed by atoms with Crippen LogP contribution in [0, 0.1) is 0 Å². The van der Waals surface area contributed by atoms with E-state index in [2.05, 4.69) is 43.0 Å². The smallest absolute Gasteiger partial charge is 0.0344 e. The molecule has 0 aliphatic heterocycles. The number of rotatable bonds is 9. The van der Waals surface area contributed by atoms with Gasteiger partial charge in [0, 0.05) is 11.3 Å². The molecule has 1 aliphatic rings. The highest BCUT2D eigenvalue weighted by atomic mass is 35.5. The normalized spacial score (nSPS) is 17.9. The molecule has 0 saturated heterocycles. The Kier molecular flexibility index (Phi) is 6.39. The van der Waals surface area contributed by atoms with Gasteiger partial charge in [-0.1, -0.05) is 61.8 Å². The Morgan fingerprint density at radius 1 is 1.15 bits per heavy atom. The van der Waals surface area contributed by atoms with Crippen LogP contribution in [0.3, 0.4) is 0 Å². The van der Waals surface area contributed by atoms with Crippen molar-refractivity contribution in [1.29, 1.82) is 0 Å². The number of fused-ring (bicyclic) bond motifs is 1. The predicted molar refractivity (Wildman–Crippen MR) is 90.4 cm³/mol. The topological polar surface area (TPSA) is 0 Å². The van der Waals surface area contributed by atoms with Gasteiger partial charge in [-0.2, -0.15) is 0 Å². The van der Waals surface area contributed by atoms with Crippen molar-refractivity contribution in [1.82, 2.24) is 0 Å². The van der Waals surface area contributed by atoms with E-state index in [1.54, 1.807) is 0 Å². The van der Waals surface area contributed by atoms with E-state index in [1.165, 1.54) is 36.8 Å². The first-order valence-corrected chi connectivity index (χ1v) is 8.27. The molecule has 0 bridgehead atoms. The molecule has 0 N–H and O–H groups in total. The number of unbranched alkanes of at least 4 members (excludes halogenated alkanes) is 4. The van der Waals surface area contributed by atoms with E-state index in [0.717, 1.165) is 19.3 Å². The summed E-state index contributed by atoms with van der Waals surface area (Å²) in [5, 5.41) is 0.301. The third kappa shape index (κ3) is 4.52. The van der Waals surface area contributed by atoms with Crippen molar-refractivity contribution in [3.63, 3.8) is 0 Å². The van der Waals surface area contributed by atoms with Gasteiger partial charge in [0.1, 0.15) is 0 Å². The lowest BCUT2D eigenvalue weighted by Gasteiger charge is -2.15. The molecule has 0 aromatic heterocycles. The minimum atomic E-state index is 0.301. The quantitative estimate of drug-likeness (QED) is 0.283. The molecule has 0 heterocycles. The number of benzene rings is 1. The van der Waals surface area contributed by atoms with Crippen LogP contribution in [0.15, 0.2) is 43.0 Å². The summed E-state index contributed by atoms with van der Waals surface area (Å²) in [7, 11) is 0. The highest BCUT2D eigenvalue weighted by molar-refractivity contribution is 6.20. The third-order valence-electron chi connectivity index (χ3n) is 4.09. The maximum absolute atomic E-state index is 6.52. The number of hydrogen-bond acceptors (Lipinski definition) is 0. The number of halogens is 1. The summed E-state index contributed by atoms with van der Waals surface area (Å²) < 4.78 is 0. The molecule has 0 radical (unpaired) electrons. The van der Waals surface area contributed by atoms with Crippen LogP contribution < -0.4 is 0 Å². The van der Waals surface area contributed by atoms with E-state index >= 15 is 0 Å². The minimum Gasteiger partial charge on any atom is -0.123 e. The number of hydrogen-bond donors (Lipinski definition) is 0. The number of alkyl halides is 1. The molecule has 20 heavy (non-hydrogen) atoms. The highest BCUT2D eigenvalue weighted by Gasteiger charge is 2.19. The van der Waals surface area contributed by atoms with Gasteiger partial charge in [-0.3, -0.25) is 0 Å². The van der Waals surface area contributed by atoms with Crippen molar-refractivity contribution in [3.05, 3.63) is 54.1 Å². The van der Waals surface area contributed by atoms with Crippen LogP contribution in [0.1, 0.15) is 62.0 Å². The van der Waals surface area contributed by atoms with Crippen LogP contribution in [0.4, 0.5) is 0 Å². The standard InChI is InChI=1S/C19H25Cl/c1-2-3-4-5-6-7-11-18(20)15-17-14-13-16-10-8-9-12-19(16)17/h2,8-10,12-14,17-18H,1,3-7,11,15H2. The molecule has 2 rings (SSSR count). The summed E-state index contributed by atoms with van der Waals surface area (Å²) in [5.74, 6) is 0.523. The lowest BCUT2D eigenvalue weighted by molar-refractivity contribution is 0.574. The SMILES string of the molecule is C=CCCCCCCC(Cl)CC1C=Cc2ccccc21. The van der Waals surface area contributed by atoms with Gasteiger partial charge >= 0.3 is 0 Å². The van der Waals surface area contributed by atoms with Crippen LogP contribution in [0.2, 0.25) is 0 Å². The van der Waals surface area contributed by atoms with Crippen LogP contribution >= 0.6 is 11.6 Å². The van der Waals surface area contributed by atoms with Gasteiger partial charge in [0.15, 0.2) is 0 Å². The fourth-order valence-electron chi connectivity index (χ4n) is 2.93. The summed E-state index contributed by atoms with van der Waals surface area (Å²) >= 11 is 6.52. The fraction of sp³-hybridized carbons (Fsp3) is 0.474. The summed E-state index contributed by atoms with van der Waals surface area (Å²) in [6.45, 7) is 3.75. The first-order valence-electron chi connectivity index (χ1n) is 7.83. The van der Waals surface area contributed by atoms with Gasteiger partial charge in [0.2, 0.25) is 0 Å². The van der Waals surface area contributed by atoms with E-state index in [-0.39, 0.29) is 0 Å². The predicted octanol–water partition coefficient (Wildman–Crippen LogP) is 6.32. The Balaban J connectivity index is 1.67. The summed E-state index contributed by atoms with van der Waals surface area (Å²) in [4.78, 5) is 0. The first kappa shape index (κ1) is 15.4. The van der Waals surface area contributed by atoms with E-state index in [9.17, 15) is 0 Å². The van der Waals surface area contributed by atoms with Crippen molar-refractivity contribution < 1.29 is 0 Å². The van der Waals surface area contributed by atoms with E-state index < -0.39 is 0 Å². The van der Waals surface area contributed by atoms with Crippen LogP contribution in [0.25, 0.3) is 6.08 Å². The Morgan fingerprint density at radius 2 is 1.95 bits per heavy atom. The maximum Gasteiger partial charge on any atom is 0.0344 e. The number of allylic oxidation sites excluding steroid dienone is 2. The minimum absolute atomic E-state index is 0.301. The van der Waals surface area contributed by atoms with Crippen molar-refractivity contribution in [2.75, 3.05) is 0 Å². The van der Waals surface area contributed by atoms with Gasteiger partial charge in [0.25, 0.3) is 0 Å². The molecular weight excluding hydrogens is 264 g/mol. The maximum atomic E-state index is 6.52. The second kappa shape index (κ2) is 8.32. The zero-order chi connectivity index (χ0) is 14.2. The van der Waals surface area contributed by atoms with E-state index in [1.807, 2.05) is 6.08 Å². The zero-order valence-electron chi connectivity index (χ0n) is 12.2. The molecule has 0 amide bonds. The van der Waals surface area contributed by atoms with Crippen molar-refractivity contribution >= 4 is 17.7 Å². The van der Waals surface area contributed by atoms with Gasteiger partial charge in [-0.25, -0.2) is 0 Å². The second-order valence-corrected chi connectivity index (χ2v) is 6.32. The molecule has 108 valence electrons. The van der Waals surface area contributed by atoms with Crippen LogP contribution in [-0.4, -0.2) is 5.38 Å². The Labute approximate surface area is 128 Å². The summed E-state index contributed by atoms with van der Waals surface area (Å²) in [5.41, 5.74) is 2.81. The third-order valence-corrected chi connectivity index (χ3v) is 4.49. The molecule has 0 nitrogen and oxygen atoms in total. The van der Waals surface area contributed by atoms with Crippen LogP contribution in [0.5, 0.6) is 0 Å². The van der Waals surface area contributed by atoms with Gasteiger partial charge < -0.3 is 0 Å². The molecule has 0 saturated carbocycles. The molecule has 1 aromatic rings. The zero-order valence-corrected chi connectivity index (χ0v) is 13.0. The molecule has 0 spiro atoms. The van der Waals surface area contributed by atoms with Crippen LogP contribution in [-0.2, 0) is 0 Å². The average molecular weight is 289 g/mol. The molecular formula is C19H25Cl. The molecule has 2 unspecified atom stereocenters.